The Labute approximate surface area is 62.9 Å². The lowest BCUT2D eigenvalue weighted by atomic mass is 10.1. The molecule has 0 aromatic heterocycles. The Hall–Kier alpha value is -0.530. The quantitative estimate of drug-likeness (QED) is 0.273. The SMILES string of the molecule is CCCCCC/C(C)=N\O. The van der Waals surface area contributed by atoms with Crippen molar-refractivity contribution in [3.8, 4) is 0 Å². The first-order valence-corrected chi connectivity index (χ1v) is 3.98. The topological polar surface area (TPSA) is 32.6 Å². The molecule has 60 valence electrons. The third-order valence-corrected chi connectivity index (χ3v) is 1.56. The van der Waals surface area contributed by atoms with Crippen LogP contribution in [0.25, 0.3) is 0 Å². The van der Waals surface area contributed by atoms with E-state index in [-0.39, 0.29) is 0 Å². The summed E-state index contributed by atoms with van der Waals surface area (Å²) in [5.41, 5.74) is 0.844. The molecule has 2 nitrogen and oxygen atoms in total. The molecule has 0 radical (unpaired) electrons. The Bertz CT molecular complexity index is 99.4. The third kappa shape index (κ3) is 5.60. The van der Waals surface area contributed by atoms with E-state index in [0.29, 0.717) is 0 Å². The second kappa shape index (κ2) is 6.59. The maximum Gasteiger partial charge on any atom is 0.0540 e. The zero-order valence-electron chi connectivity index (χ0n) is 6.93. The molecule has 0 aliphatic heterocycles. The van der Waals surface area contributed by atoms with E-state index in [2.05, 4.69) is 12.1 Å². The summed E-state index contributed by atoms with van der Waals surface area (Å²) in [5, 5.41) is 11.4. The molecular weight excluding hydrogens is 126 g/mol. The number of nitrogens with zero attached hydrogens (tertiary/aromatic N) is 1. The molecular formula is C8H17NO. The van der Waals surface area contributed by atoms with E-state index in [0.717, 1.165) is 18.6 Å². The highest BCUT2D eigenvalue weighted by Crippen LogP contribution is 2.02. The van der Waals surface area contributed by atoms with E-state index in [9.17, 15) is 0 Å². The highest BCUT2D eigenvalue weighted by molar-refractivity contribution is 5.81. The predicted octanol–water partition coefficient (Wildman–Crippen LogP) is 2.81. The predicted molar refractivity (Wildman–Crippen MR) is 43.7 cm³/mol. The highest BCUT2D eigenvalue weighted by Gasteiger charge is 1.91. The van der Waals surface area contributed by atoms with Gasteiger partial charge >= 0.3 is 0 Å². The second-order valence-electron chi connectivity index (χ2n) is 2.65. The molecule has 0 saturated heterocycles. The minimum absolute atomic E-state index is 0.844. The Morgan fingerprint density at radius 2 is 2.00 bits per heavy atom. The molecule has 2 heteroatoms. The fraction of sp³-hybridized carbons (Fsp3) is 0.875. The number of oxime groups is 1. The van der Waals surface area contributed by atoms with Crippen molar-refractivity contribution in [1.82, 2.24) is 0 Å². The maximum absolute atomic E-state index is 8.28. The molecule has 0 rings (SSSR count). The Morgan fingerprint density at radius 1 is 1.30 bits per heavy atom. The van der Waals surface area contributed by atoms with Gasteiger partial charge in [-0.2, -0.15) is 0 Å². The van der Waals surface area contributed by atoms with E-state index in [1.807, 2.05) is 6.92 Å². The largest absolute Gasteiger partial charge is 0.411 e. The van der Waals surface area contributed by atoms with Crippen molar-refractivity contribution in [2.24, 2.45) is 5.16 Å². The van der Waals surface area contributed by atoms with Gasteiger partial charge in [-0.05, 0) is 19.8 Å². The van der Waals surface area contributed by atoms with Crippen LogP contribution in [0.15, 0.2) is 5.16 Å². The summed E-state index contributed by atoms with van der Waals surface area (Å²) in [6, 6.07) is 0. The molecule has 0 atom stereocenters. The van der Waals surface area contributed by atoms with E-state index in [1.54, 1.807) is 0 Å². The van der Waals surface area contributed by atoms with Crippen LogP contribution in [0.5, 0.6) is 0 Å². The number of hydrogen-bond donors (Lipinski definition) is 1. The van der Waals surface area contributed by atoms with Crippen LogP contribution >= 0.6 is 0 Å². The molecule has 0 fully saturated rings. The summed E-state index contributed by atoms with van der Waals surface area (Å²) < 4.78 is 0. The summed E-state index contributed by atoms with van der Waals surface area (Å²) in [4.78, 5) is 0. The van der Waals surface area contributed by atoms with Crippen LogP contribution in [-0.4, -0.2) is 10.9 Å². The fourth-order valence-electron chi connectivity index (χ4n) is 0.858. The standard InChI is InChI=1S/C8H17NO/c1-3-4-5-6-7-8(2)9-10/h10H,3-7H2,1-2H3/b9-8-. The molecule has 0 aromatic carbocycles. The molecule has 10 heavy (non-hydrogen) atoms. The highest BCUT2D eigenvalue weighted by atomic mass is 16.4. The molecule has 0 saturated carbocycles. The van der Waals surface area contributed by atoms with Crippen LogP contribution in [0.3, 0.4) is 0 Å². The van der Waals surface area contributed by atoms with Crippen molar-refractivity contribution in [2.45, 2.75) is 46.0 Å². The van der Waals surface area contributed by atoms with Crippen LogP contribution in [0.1, 0.15) is 46.0 Å². The van der Waals surface area contributed by atoms with Gasteiger partial charge in [0.15, 0.2) is 0 Å². The van der Waals surface area contributed by atoms with Gasteiger partial charge in [0.2, 0.25) is 0 Å². The van der Waals surface area contributed by atoms with Crippen LogP contribution < -0.4 is 0 Å². The average molecular weight is 143 g/mol. The van der Waals surface area contributed by atoms with Crippen molar-refractivity contribution < 1.29 is 5.21 Å². The Balaban J connectivity index is 3.04. The van der Waals surface area contributed by atoms with E-state index >= 15 is 0 Å². The molecule has 0 bridgehead atoms. The molecule has 0 aliphatic rings. The first kappa shape index (κ1) is 9.47. The van der Waals surface area contributed by atoms with Gasteiger partial charge in [-0.3, -0.25) is 0 Å². The molecule has 0 aliphatic carbocycles. The van der Waals surface area contributed by atoms with E-state index < -0.39 is 0 Å². The van der Waals surface area contributed by atoms with Gasteiger partial charge in [-0.25, -0.2) is 0 Å². The van der Waals surface area contributed by atoms with Gasteiger partial charge in [0.1, 0.15) is 0 Å². The summed E-state index contributed by atoms with van der Waals surface area (Å²) in [5.74, 6) is 0. The van der Waals surface area contributed by atoms with Crippen molar-refractivity contribution in [1.29, 1.82) is 0 Å². The third-order valence-electron chi connectivity index (χ3n) is 1.56. The lowest BCUT2D eigenvalue weighted by Crippen LogP contribution is -1.90. The lowest BCUT2D eigenvalue weighted by Gasteiger charge is -1.96. The van der Waals surface area contributed by atoms with Crippen LogP contribution in [0.2, 0.25) is 0 Å². The summed E-state index contributed by atoms with van der Waals surface area (Å²) in [6.45, 7) is 4.04. The summed E-state index contributed by atoms with van der Waals surface area (Å²) in [6.07, 6.45) is 5.90. The zero-order valence-corrected chi connectivity index (χ0v) is 6.93. The molecule has 0 spiro atoms. The number of unbranched alkanes of at least 4 members (excludes halogenated alkanes) is 3. The van der Waals surface area contributed by atoms with Gasteiger partial charge < -0.3 is 5.21 Å². The van der Waals surface area contributed by atoms with E-state index in [4.69, 9.17) is 5.21 Å². The normalized spacial score (nSPS) is 12.0. The van der Waals surface area contributed by atoms with Gasteiger partial charge in [0.25, 0.3) is 0 Å². The van der Waals surface area contributed by atoms with Gasteiger partial charge in [0, 0.05) is 0 Å². The minimum Gasteiger partial charge on any atom is -0.411 e. The fourth-order valence-corrected chi connectivity index (χ4v) is 0.858. The van der Waals surface area contributed by atoms with Gasteiger partial charge in [-0.15, -0.1) is 0 Å². The van der Waals surface area contributed by atoms with Crippen molar-refractivity contribution in [3.63, 3.8) is 0 Å². The maximum atomic E-state index is 8.28. The molecule has 0 aromatic rings. The minimum atomic E-state index is 0.844. The summed E-state index contributed by atoms with van der Waals surface area (Å²) >= 11 is 0. The van der Waals surface area contributed by atoms with Crippen molar-refractivity contribution in [3.05, 3.63) is 0 Å². The van der Waals surface area contributed by atoms with Gasteiger partial charge in [0.05, 0.1) is 5.71 Å². The van der Waals surface area contributed by atoms with Crippen LogP contribution in [0.4, 0.5) is 0 Å². The first-order chi connectivity index (χ1) is 4.81. The van der Waals surface area contributed by atoms with Gasteiger partial charge in [-0.1, -0.05) is 31.3 Å². The number of hydrogen-bond acceptors (Lipinski definition) is 2. The van der Waals surface area contributed by atoms with Crippen LogP contribution in [0, 0.1) is 0 Å². The summed E-state index contributed by atoms with van der Waals surface area (Å²) in [7, 11) is 0. The second-order valence-corrected chi connectivity index (χ2v) is 2.65. The zero-order chi connectivity index (χ0) is 7.82. The Morgan fingerprint density at radius 3 is 2.50 bits per heavy atom. The molecule has 0 heterocycles. The average Bonchev–Trinajstić information content (AvgIpc) is 1.98. The van der Waals surface area contributed by atoms with Crippen molar-refractivity contribution in [2.75, 3.05) is 0 Å². The lowest BCUT2D eigenvalue weighted by molar-refractivity contribution is 0.317. The van der Waals surface area contributed by atoms with E-state index in [1.165, 1.54) is 19.3 Å². The molecule has 0 amide bonds. The first-order valence-electron chi connectivity index (χ1n) is 3.98. The molecule has 0 unspecified atom stereocenters. The monoisotopic (exact) mass is 143 g/mol. The smallest absolute Gasteiger partial charge is 0.0540 e. The Kier molecular flexibility index (Phi) is 6.24. The number of rotatable bonds is 5. The van der Waals surface area contributed by atoms with Crippen molar-refractivity contribution >= 4 is 5.71 Å². The van der Waals surface area contributed by atoms with Crippen LogP contribution in [-0.2, 0) is 0 Å². The molecule has 1 N–H and O–H groups in total.